The second kappa shape index (κ2) is 9.20. The highest BCUT2D eigenvalue weighted by atomic mass is 35.5. The van der Waals surface area contributed by atoms with Crippen LogP contribution < -0.4 is 15.0 Å². The van der Waals surface area contributed by atoms with Crippen LogP contribution in [0.3, 0.4) is 0 Å². The molecule has 2 saturated heterocycles. The van der Waals surface area contributed by atoms with Crippen LogP contribution in [0.15, 0.2) is 24.5 Å². The van der Waals surface area contributed by atoms with Gasteiger partial charge in [-0.1, -0.05) is 0 Å². The number of amides is 1. The summed E-state index contributed by atoms with van der Waals surface area (Å²) in [6.45, 7) is 4.59. The fraction of sp³-hybridized carbons (Fsp3) is 0.556. The quantitative estimate of drug-likeness (QED) is 0.808. The summed E-state index contributed by atoms with van der Waals surface area (Å²) in [5, 5.41) is 7.92. The summed E-state index contributed by atoms with van der Waals surface area (Å²) < 4.78 is 7.09. The van der Waals surface area contributed by atoms with Crippen LogP contribution in [0.2, 0.25) is 0 Å². The van der Waals surface area contributed by atoms with Crippen LogP contribution in [-0.2, 0) is 0 Å². The van der Waals surface area contributed by atoms with Crippen molar-refractivity contribution in [3.05, 3.63) is 30.2 Å². The maximum Gasteiger partial charge on any atom is 0.274 e. The molecule has 2 aromatic rings. The summed E-state index contributed by atoms with van der Waals surface area (Å²) in [5.74, 6) is 1.17. The fourth-order valence-electron chi connectivity index (χ4n) is 3.58. The van der Waals surface area contributed by atoms with Crippen molar-refractivity contribution in [2.75, 3.05) is 51.3 Å². The van der Waals surface area contributed by atoms with E-state index in [1.54, 1.807) is 19.4 Å². The monoisotopic (exact) mass is 407 g/mol. The number of methoxy groups -OCH3 is 1. The van der Waals surface area contributed by atoms with Gasteiger partial charge in [-0.05, 0) is 25.5 Å². The third-order valence-corrected chi connectivity index (χ3v) is 5.15. The third kappa shape index (κ3) is 4.36. The molecule has 0 radical (unpaired) electrons. The van der Waals surface area contributed by atoms with Gasteiger partial charge in [-0.2, -0.15) is 10.1 Å². The molecule has 2 aliphatic rings. The minimum absolute atomic E-state index is 0. The van der Waals surface area contributed by atoms with Crippen molar-refractivity contribution in [1.29, 1.82) is 0 Å². The number of nitrogens with zero attached hydrogens (tertiary/aromatic N) is 6. The van der Waals surface area contributed by atoms with E-state index in [-0.39, 0.29) is 18.3 Å². The Kier molecular flexibility index (Phi) is 6.69. The molecule has 28 heavy (non-hydrogen) atoms. The number of hydrogen-bond acceptors (Lipinski definition) is 7. The van der Waals surface area contributed by atoms with Crippen molar-refractivity contribution in [2.45, 2.75) is 18.9 Å². The van der Waals surface area contributed by atoms with Crippen molar-refractivity contribution in [2.24, 2.45) is 0 Å². The maximum absolute atomic E-state index is 12.8. The van der Waals surface area contributed by atoms with Crippen LogP contribution in [0.4, 0.5) is 5.95 Å². The van der Waals surface area contributed by atoms with Gasteiger partial charge in [0, 0.05) is 51.2 Å². The highest BCUT2D eigenvalue weighted by Crippen LogP contribution is 2.18. The minimum atomic E-state index is -0.0104. The Bertz CT molecular complexity index is 786. The number of anilines is 1. The van der Waals surface area contributed by atoms with E-state index in [1.165, 1.54) is 0 Å². The lowest BCUT2D eigenvalue weighted by Crippen LogP contribution is -2.49. The van der Waals surface area contributed by atoms with Gasteiger partial charge in [0.15, 0.2) is 0 Å². The van der Waals surface area contributed by atoms with Crippen LogP contribution in [0, 0.1) is 0 Å². The first-order chi connectivity index (χ1) is 13.2. The smallest absolute Gasteiger partial charge is 0.274 e. The summed E-state index contributed by atoms with van der Waals surface area (Å²) >= 11 is 0. The first-order valence-corrected chi connectivity index (χ1v) is 9.42. The van der Waals surface area contributed by atoms with Crippen molar-refractivity contribution >= 4 is 24.3 Å². The van der Waals surface area contributed by atoms with Gasteiger partial charge in [0.25, 0.3) is 5.91 Å². The zero-order valence-electron chi connectivity index (χ0n) is 16.0. The number of ether oxygens (including phenoxy) is 1. The normalized spacial score (nSPS) is 19.8. The molecule has 4 rings (SSSR count). The summed E-state index contributed by atoms with van der Waals surface area (Å²) in [6.07, 6.45) is 5.85. The van der Waals surface area contributed by atoms with Gasteiger partial charge in [0.05, 0.1) is 13.2 Å². The molecular weight excluding hydrogens is 382 g/mol. The number of carbonyl (C=O) groups is 1. The standard InChI is InChI=1S/C18H25N7O2.ClH/c1-27-16-4-7-20-18(21-16)24-11-9-23(10-12-24)17(26)15-5-8-25(22-15)14-3-2-6-19-13-14;/h4-5,7-8,14,19H,2-3,6,9-13H2,1H3;1H. The second-order valence-corrected chi connectivity index (χ2v) is 6.86. The molecule has 2 aromatic heterocycles. The Morgan fingerprint density at radius 1 is 1.25 bits per heavy atom. The zero-order chi connectivity index (χ0) is 18.6. The molecule has 0 bridgehead atoms. The Morgan fingerprint density at radius 3 is 2.79 bits per heavy atom. The van der Waals surface area contributed by atoms with E-state index in [1.807, 2.05) is 21.8 Å². The maximum atomic E-state index is 12.8. The van der Waals surface area contributed by atoms with Crippen LogP contribution in [-0.4, -0.2) is 76.9 Å². The van der Waals surface area contributed by atoms with Crippen molar-refractivity contribution in [3.8, 4) is 5.88 Å². The van der Waals surface area contributed by atoms with Crippen molar-refractivity contribution < 1.29 is 9.53 Å². The van der Waals surface area contributed by atoms with Crippen molar-refractivity contribution in [3.63, 3.8) is 0 Å². The molecule has 1 atom stereocenters. The largest absolute Gasteiger partial charge is 0.481 e. The Hall–Kier alpha value is -2.39. The number of nitrogens with one attached hydrogen (secondary N) is 1. The molecule has 0 saturated carbocycles. The first kappa shape index (κ1) is 20.3. The van der Waals surface area contributed by atoms with E-state index in [2.05, 4.69) is 25.3 Å². The zero-order valence-corrected chi connectivity index (χ0v) is 16.8. The van der Waals surface area contributed by atoms with E-state index < -0.39 is 0 Å². The average Bonchev–Trinajstić information content (AvgIpc) is 3.24. The van der Waals surface area contributed by atoms with Gasteiger partial charge in [-0.15, -0.1) is 12.4 Å². The number of piperidine rings is 1. The molecule has 0 aliphatic carbocycles. The highest BCUT2D eigenvalue weighted by Gasteiger charge is 2.26. The number of hydrogen-bond donors (Lipinski definition) is 1. The Labute approximate surface area is 170 Å². The SMILES string of the molecule is COc1ccnc(N2CCN(C(=O)c3ccn(C4CCCNC4)n3)CC2)n1.Cl. The number of carbonyl (C=O) groups excluding carboxylic acids is 1. The van der Waals surface area contributed by atoms with Crippen molar-refractivity contribution in [1.82, 2.24) is 30.0 Å². The predicted octanol–water partition coefficient (Wildman–Crippen LogP) is 0.990. The Balaban J connectivity index is 0.00000225. The molecule has 1 amide bonds. The van der Waals surface area contributed by atoms with E-state index in [0.717, 1.165) is 25.9 Å². The molecule has 0 spiro atoms. The number of piperazine rings is 1. The van der Waals surface area contributed by atoms with E-state index in [0.29, 0.717) is 49.7 Å². The lowest BCUT2D eigenvalue weighted by atomic mass is 10.1. The predicted molar refractivity (Wildman–Crippen MR) is 107 cm³/mol. The molecule has 4 heterocycles. The molecular formula is C18H26ClN7O2. The second-order valence-electron chi connectivity index (χ2n) is 6.86. The van der Waals surface area contributed by atoms with Crippen LogP contribution in [0.25, 0.3) is 0 Å². The summed E-state index contributed by atoms with van der Waals surface area (Å²) in [5.41, 5.74) is 0.520. The van der Waals surface area contributed by atoms with Gasteiger partial charge in [-0.25, -0.2) is 4.98 Å². The molecule has 2 aliphatic heterocycles. The molecule has 1 unspecified atom stereocenters. The Morgan fingerprint density at radius 2 is 2.07 bits per heavy atom. The fourth-order valence-corrected chi connectivity index (χ4v) is 3.58. The summed E-state index contributed by atoms with van der Waals surface area (Å²) in [4.78, 5) is 25.4. The lowest BCUT2D eigenvalue weighted by molar-refractivity contribution is 0.0738. The molecule has 10 heteroatoms. The molecule has 2 fully saturated rings. The van der Waals surface area contributed by atoms with Gasteiger partial charge >= 0.3 is 0 Å². The summed E-state index contributed by atoms with van der Waals surface area (Å²) in [7, 11) is 1.59. The molecule has 0 aromatic carbocycles. The van der Waals surface area contributed by atoms with E-state index in [9.17, 15) is 4.79 Å². The van der Waals surface area contributed by atoms with E-state index in [4.69, 9.17) is 4.74 Å². The number of aromatic nitrogens is 4. The summed E-state index contributed by atoms with van der Waals surface area (Å²) in [6, 6.07) is 3.89. The topological polar surface area (TPSA) is 88.4 Å². The van der Waals surface area contributed by atoms with E-state index >= 15 is 0 Å². The van der Waals surface area contributed by atoms with Gasteiger partial charge < -0.3 is 19.9 Å². The van der Waals surface area contributed by atoms with Gasteiger partial charge in [0.1, 0.15) is 5.69 Å². The minimum Gasteiger partial charge on any atom is -0.481 e. The first-order valence-electron chi connectivity index (χ1n) is 9.42. The average molecular weight is 408 g/mol. The third-order valence-electron chi connectivity index (χ3n) is 5.15. The molecule has 9 nitrogen and oxygen atoms in total. The van der Waals surface area contributed by atoms with Gasteiger partial charge in [-0.3, -0.25) is 9.48 Å². The number of halogens is 1. The van der Waals surface area contributed by atoms with Gasteiger partial charge in [0.2, 0.25) is 11.8 Å². The lowest BCUT2D eigenvalue weighted by Gasteiger charge is -2.34. The van der Waals surface area contributed by atoms with Crippen LogP contribution in [0.1, 0.15) is 29.4 Å². The van der Waals surface area contributed by atoms with Crippen LogP contribution in [0.5, 0.6) is 5.88 Å². The van der Waals surface area contributed by atoms with Crippen LogP contribution >= 0.6 is 12.4 Å². The number of rotatable bonds is 4. The molecule has 152 valence electrons. The highest BCUT2D eigenvalue weighted by molar-refractivity contribution is 5.92. The molecule has 1 N–H and O–H groups in total.